The number of ether oxygens (including phenoxy) is 1. The van der Waals surface area contributed by atoms with Crippen LogP contribution in [-0.2, 0) is 9.53 Å². The smallest absolute Gasteiger partial charge is 0.343 e. The summed E-state index contributed by atoms with van der Waals surface area (Å²) in [5.74, 6) is -2.75. The van der Waals surface area contributed by atoms with Crippen molar-refractivity contribution in [3.8, 4) is 0 Å². The highest BCUT2D eigenvalue weighted by Crippen LogP contribution is 2.27. The minimum Gasteiger partial charge on any atom is -0.449 e. The Labute approximate surface area is 156 Å². The molecule has 2 rings (SSSR count). The van der Waals surface area contributed by atoms with Crippen molar-refractivity contribution in [2.24, 2.45) is 0 Å². The van der Waals surface area contributed by atoms with Crippen LogP contribution in [-0.4, -0.2) is 22.9 Å². The number of benzene rings is 2. The molecule has 0 unspecified atom stereocenters. The summed E-state index contributed by atoms with van der Waals surface area (Å²) in [5.41, 5.74) is -0.641. The molecule has 1 N–H and O–H groups in total. The molecule has 1 atom stereocenters. The van der Waals surface area contributed by atoms with Crippen molar-refractivity contribution in [2.45, 2.75) is 13.0 Å². The normalized spacial score (nSPS) is 11.5. The highest BCUT2D eigenvalue weighted by atomic mass is 35.5. The van der Waals surface area contributed by atoms with E-state index in [1.165, 1.54) is 25.1 Å². The van der Waals surface area contributed by atoms with E-state index in [2.05, 4.69) is 5.32 Å². The Bertz CT molecular complexity index is 871. The van der Waals surface area contributed by atoms with Crippen LogP contribution in [0.25, 0.3) is 0 Å². The molecular weight excluding hydrogens is 390 g/mol. The first kappa shape index (κ1) is 19.6. The average Bonchev–Trinajstić information content (AvgIpc) is 2.56. The maximum atomic E-state index is 13.7. The summed E-state index contributed by atoms with van der Waals surface area (Å²) in [6.45, 7) is 1.27. The van der Waals surface area contributed by atoms with Gasteiger partial charge in [-0.25, -0.2) is 9.18 Å². The van der Waals surface area contributed by atoms with Crippen LogP contribution in [0.1, 0.15) is 17.3 Å². The molecule has 0 aliphatic carbocycles. The summed E-state index contributed by atoms with van der Waals surface area (Å²) >= 11 is 11.6. The second-order valence-corrected chi connectivity index (χ2v) is 5.87. The van der Waals surface area contributed by atoms with E-state index >= 15 is 0 Å². The molecule has 136 valence electrons. The number of esters is 1. The molecule has 2 aromatic carbocycles. The maximum absolute atomic E-state index is 13.7. The van der Waals surface area contributed by atoms with Gasteiger partial charge in [0.1, 0.15) is 11.4 Å². The Balaban J connectivity index is 2.08. The first-order chi connectivity index (χ1) is 12.2. The number of anilines is 1. The van der Waals surface area contributed by atoms with Crippen LogP contribution >= 0.6 is 23.2 Å². The average molecular weight is 401 g/mol. The van der Waals surface area contributed by atoms with E-state index in [0.717, 1.165) is 18.2 Å². The molecular formula is C16H11Cl2FN2O5. The molecule has 10 heteroatoms. The van der Waals surface area contributed by atoms with Gasteiger partial charge in [-0.15, -0.1) is 0 Å². The predicted molar refractivity (Wildman–Crippen MR) is 93.0 cm³/mol. The zero-order valence-corrected chi connectivity index (χ0v) is 14.7. The number of hydrogen-bond acceptors (Lipinski definition) is 5. The Kier molecular flexibility index (Phi) is 6.12. The van der Waals surface area contributed by atoms with E-state index in [4.69, 9.17) is 27.9 Å². The lowest BCUT2D eigenvalue weighted by Gasteiger charge is -2.15. The molecule has 0 fully saturated rings. The molecule has 0 saturated carbocycles. The number of nitrogens with one attached hydrogen (secondary N) is 1. The molecule has 1 amide bonds. The number of carbonyl (C=O) groups is 2. The monoisotopic (exact) mass is 400 g/mol. The molecule has 0 aliphatic rings. The zero-order valence-electron chi connectivity index (χ0n) is 13.2. The van der Waals surface area contributed by atoms with Gasteiger partial charge in [-0.05, 0) is 25.1 Å². The minimum absolute atomic E-state index is 0.0665. The first-order valence-electron chi connectivity index (χ1n) is 7.10. The van der Waals surface area contributed by atoms with Gasteiger partial charge in [0.2, 0.25) is 0 Å². The van der Waals surface area contributed by atoms with Crippen LogP contribution in [0.15, 0.2) is 36.4 Å². The van der Waals surface area contributed by atoms with Crippen LogP contribution in [0.3, 0.4) is 0 Å². The predicted octanol–water partition coefficient (Wildman–Crippen LogP) is 4.22. The quantitative estimate of drug-likeness (QED) is 0.460. The number of rotatable bonds is 5. The van der Waals surface area contributed by atoms with E-state index in [-0.39, 0.29) is 21.4 Å². The number of halogens is 3. The number of nitro groups is 1. The largest absolute Gasteiger partial charge is 0.449 e. The molecule has 0 radical (unpaired) electrons. The van der Waals surface area contributed by atoms with Gasteiger partial charge in [-0.2, -0.15) is 0 Å². The highest BCUT2D eigenvalue weighted by Gasteiger charge is 2.24. The Hall–Kier alpha value is -2.71. The number of hydrogen-bond donors (Lipinski definition) is 1. The van der Waals surface area contributed by atoms with E-state index in [9.17, 15) is 24.1 Å². The van der Waals surface area contributed by atoms with E-state index in [0.29, 0.717) is 0 Å². The molecule has 0 aliphatic heterocycles. The lowest BCUT2D eigenvalue weighted by molar-refractivity contribution is -0.384. The van der Waals surface area contributed by atoms with Gasteiger partial charge in [-0.3, -0.25) is 14.9 Å². The highest BCUT2D eigenvalue weighted by molar-refractivity contribution is 6.34. The second kappa shape index (κ2) is 8.11. The summed E-state index contributed by atoms with van der Waals surface area (Å²) in [5, 5.41) is 12.8. The fourth-order valence-electron chi connectivity index (χ4n) is 1.92. The second-order valence-electron chi connectivity index (χ2n) is 5.05. The Morgan fingerprint density at radius 2 is 1.92 bits per heavy atom. The SMILES string of the molecule is C[C@H](OC(=O)c1c(F)cccc1Cl)C(=O)Nc1ccc([N+](=O)[O-])cc1Cl. The summed E-state index contributed by atoms with van der Waals surface area (Å²) in [6, 6.07) is 7.11. The van der Waals surface area contributed by atoms with Crippen LogP contribution in [0.5, 0.6) is 0 Å². The summed E-state index contributed by atoms with van der Waals surface area (Å²) in [4.78, 5) is 34.2. The zero-order chi connectivity index (χ0) is 19.4. The van der Waals surface area contributed by atoms with Gasteiger partial charge in [0.15, 0.2) is 6.10 Å². The third kappa shape index (κ3) is 4.47. The van der Waals surface area contributed by atoms with Crippen LogP contribution < -0.4 is 5.32 Å². The first-order valence-corrected chi connectivity index (χ1v) is 7.86. The third-order valence-electron chi connectivity index (χ3n) is 3.24. The number of nitro benzene ring substituents is 1. The van der Waals surface area contributed by atoms with Crippen molar-refractivity contribution in [3.05, 3.63) is 67.9 Å². The van der Waals surface area contributed by atoms with Crippen molar-refractivity contribution in [1.29, 1.82) is 0 Å². The molecule has 26 heavy (non-hydrogen) atoms. The van der Waals surface area contributed by atoms with Gasteiger partial charge in [0.25, 0.3) is 11.6 Å². The lowest BCUT2D eigenvalue weighted by Crippen LogP contribution is -2.30. The summed E-state index contributed by atoms with van der Waals surface area (Å²) in [7, 11) is 0. The van der Waals surface area contributed by atoms with Gasteiger partial charge >= 0.3 is 5.97 Å². The number of nitrogens with zero attached hydrogens (tertiary/aromatic N) is 1. The summed E-state index contributed by atoms with van der Waals surface area (Å²) in [6.07, 6.45) is -1.30. The van der Waals surface area contributed by atoms with E-state index in [1.807, 2.05) is 0 Å². The van der Waals surface area contributed by atoms with Crippen molar-refractivity contribution >= 4 is 46.5 Å². The Morgan fingerprint density at radius 1 is 1.23 bits per heavy atom. The van der Waals surface area contributed by atoms with Crippen LogP contribution in [0.2, 0.25) is 10.0 Å². The van der Waals surface area contributed by atoms with Crippen molar-refractivity contribution in [1.82, 2.24) is 0 Å². The van der Waals surface area contributed by atoms with Crippen molar-refractivity contribution in [3.63, 3.8) is 0 Å². The van der Waals surface area contributed by atoms with Gasteiger partial charge in [0.05, 0.1) is 20.7 Å². The molecule has 0 saturated heterocycles. The van der Waals surface area contributed by atoms with E-state index < -0.39 is 34.3 Å². The van der Waals surface area contributed by atoms with Gasteiger partial charge in [0, 0.05) is 12.1 Å². The maximum Gasteiger partial charge on any atom is 0.343 e. The number of carbonyl (C=O) groups excluding carboxylic acids is 2. The summed E-state index contributed by atoms with van der Waals surface area (Å²) < 4.78 is 18.6. The number of non-ortho nitro benzene ring substituents is 1. The molecule has 2 aromatic rings. The molecule has 0 aromatic heterocycles. The third-order valence-corrected chi connectivity index (χ3v) is 3.87. The van der Waals surface area contributed by atoms with Gasteiger partial charge < -0.3 is 10.1 Å². The van der Waals surface area contributed by atoms with Crippen molar-refractivity contribution in [2.75, 3.05) is 5.32 Å². The fourth-order valence-corrected chi connectivity index (χ4v) is 2.38. The number of amides is 1. The standard InChI is InChI=1S/C16H11Cl2FN2O5/c1-8(26-16(23)14-10(17)3-2-4-12(14)19)15(22)20-13-6-5-9(21(24)25)7-11(13)18/h2-8H,1H3,(H,20,22)/t8-/m0/s1. The van der Waals surface area contributed by atoms with Crippen molar-refractivity contribution < 1.29 is 23.6 Å². The molecule has 7 nitrogen and oxygen atoms in total. The van der Waals surface area contributed by atoms with E-state index in [1.54, 1.807) is 0 Å². The van der Waals surface area contributed by atoms with Gasteiger partial charge in [-0.1, -0.05) is 29.3 Å². The molecule has 0 bridgehead atoms. The fraction of sp³-hybridized carbons (Fsp3) is 0.125. The van der Waals surface area contributed by atoms with Crippen LogP contribution in [0.4, 0.5) is 15.8 Å². The molecule has 0 heterocycles. The lowest BCUT2D eigenvalue weighted by atomic mass is 10.2. The minimum atomic E-state index is -1.30. The molecule has 0 spiro atoms. The Morgan fingerprint density at radius 3 is 2.50 bits per heavy atom. The topological polar surface area (TPSA) is 98.5 Å². The van der Waals surface area contributed by atoms with Crippen LogP contribution in [0, 0.1) is 15.9 Å².